The van der Waals surface area contributed by atoms with Crippen molar-refractivity contribution in [2.24, 2.45) is 5.92 Å². The lowest BCUT2D eigenvalue weighted by Gasteiger charge is -2.20. The number of halogens is 1. The Morgan fingerprint density at radius 1 is 1.14 bits per heavy atom. The van der Waals surface area contributed by atoms with E-state index in [9.17, 15) is 4.79 Å². The first-order valence-electron chi connectivity index (χ1n) is 6.65. The standard InChI is InChI=1S/C15H22BrNO4/c1-9(8-16)10(2)17-15(18)11-6-12(19-3)14(21-5)13(7-11)20-4/h6-7,9-10H,8H2,1-5H3,(H,17,18). The SMILES string of the molecule is COc1cc(C(=O)NC(C)C(C)CBr)cc(OC)c1OC. The Morgan fingerprint density at radius 2 is 1.67 bits per heavy atom. The second kappa shape index (κ2) is 8.12. The van der Waals surface area contributed by atoms with Crippen molar-refractivity contribution >= 4 is 21.8 Å². The molecule has 0 aliphatic carbocycles. The van der Waals surface area contributed by atoms with Crippen LogP contribution in [0.3, 0.4) is 0 Å². The number of alkyl halides is 1. The fourth-order valence-corrected chi connectivity index (χ4v) is 2.34. The summed E-state index contributed by atoms with van der Waals surface area (Å²) in [6.07, 6.45) is 0. The van der Waals surface area contributed by atoms with Crippen LogP contribution in [-0.4, -0.2) is 38.6 Å². The molecule has 0 radical (unpaired) electrons. The van der Waals surface area contributed by atoms with E-state index in [1.54, 1.807) is 12.1 Å². The second-order valence-corrected chi connectivity index (χ2v) is 5.46. The summed E-state index contributed by atoms with van der Waals surface area (Å²) >= 11 is 3.42. The number of ether oxygens (including phenoxy) is 3. The van der Waals surface area contributed by atoms with Gasteiger partial charge in [0.1, 0.15) is 0 Å². The lowest BCUT2D eigenvalue weighted by molar-refractivity contribution is 0.0930. The summed E-state index contributed by atoms with van der Waals surface area (Å²) in [5.41, 5.74) is 0.470. The minimum absolute atomic E-state index is 0.0518. The molecule has 1 rings (SSSR count). The van der Waals surface area contributed by atoms with Gasteiger partial charge in [-0.05, 0) is 25.0 Å². The van der Waals surface area contributed by atoms with Crippen molar-refractivity contribution in [2.45, 2.75) is 19.9 Å². The number of rotatable bonds is 7. The number of benzene rings is 1. The summed E-state index contributed by atoms with van der Waals surface area (Å²) in [4.78, 5) is 12.3. The van der Waals surface area contributed by atoms with E-state index in [1.165, 1.54) is 21.3 Å². The Hall–Kier alpha value is -1.43. The average Bonchev–Trinajstić information content (AvgIpc) is 2.51. The van der Waals surface area contributed by atoms with Crippen molar-refractivity contribution in [3.8, 4) is 17.2 Å². The molecule has 1 aromatic rings. The van der Waals surface area contributed by atoms with Gasteiger partial charge < -0.3 is 19.5 Å². The normalized spacial score (nSPS) is 13.2. The molecule has 0 bridgehead atoms. The molecule has 2 atom stereocenters. The van der Waals surface area contributed by atoms with Gasteiger partial charge >= 0.3 is 0 Å². The van der Waals surface area contributed by atoms with Crippen molar-refractivity contribution in [1.82, 2.24) is 5.32 Å². The molecule has 118 valence electrons. The molecule has 0 spiro atoms. The van der Waals surface area contributed by atoms with Gasteiger partial charge in [-0.1, -0.05) is 22.9 Å². The third-order valence-electron chi connectivity index (χ3n) is 3.38. The molecule has 0 fully saturated rings. The molecule has 5 nitrogen and oxygen atoms in total. The average molecular weight is 360 g/mol. The fourth-order valence-electron chi connectivity index (χ4n) is 1.78. The van der Waals surface area contributed by atoms with Gasteiger partial charge in [-0.3, -0.25) is 4.79 Å². The minimum atomic E-state index is -0.172. The molecule has 0 aliphatic rings. The largest absolute Gasteiger partial charge is 0.493 e. The van der Waals surface area contributed by atoms with E-state index in [2.05, 4.69) is 28.2 Å². The van der Waals surface area contributed by atoms with Crippen LogP contribution in [0.2, 0.25) is 0 Å². The van der Waals surface area contributed by atoms with Crippen LogP contribution < -0.4 is 19.5 Å². The van der Waals surface area contributed by atoms with E-state index in [0.29, 0.717) is 28.7 Å². The van der Waals surface area contributed by atoms with Gasteiger partial charge in [0.2, 0.25) is 5.75 Å². The number of carbonyl (C=O) groups excluding carboxylic acids is 1. The van der Waals surface area contributed by atoms with Gasteiger partial charge in [-0.2, -0.15) is 0 Å². The van der Waals surface area contributed by atoms with Crippen molar-refractivity contribution in [3.05, 3.63) is 17.7 Å². The summed E-state index contributed by atoms with van der Waals surface area (Å²) in [6.45, 7) is 4.04. The molecule has 0 saturated heterocycles. The van der Waals surface area contributed by atoms with Crippen LogP contribution >= 0.6 is 15.9 Å². The van der Waals surface area contributed by atoms with Gasteiger partial charge in [-0.15, -0.1) is 0 Å². The number of amides is 1. The summed E-state index contributed by atoms with van der Waals surface area (Å²) in [6, 6.07) is 3.33. The zero-order valence-corrected chi connectivity index (χ0v) is 14.6. The summed E-state index contributed by atoms with van der Waals surface area (Å²) in [5.74, 6) is 1.55. The summed E-state index contributed by atoms with van der Waals surface area (Å²) in [7, 11) is 4.57. The van der Waals surface area contributed by atoms with Crippen molar-refractivity contribution in [2.75, 3.05) is 26.7 Å². The van der Waals surface area contributed by atoms with E-state index in [0.717, 1.165) is 5.33 Å². The monoisotopic (exact) mass is 359 g/mol. The number of hydrogen-bond acceptors (Lipinski definition) is 4. The Labute approximate surface area is 134 Å². The number of carbonyl (C=O) groups is 1. The van der Waals surface area contributed by atoms with E-state index < -0.39 is 0 Å². The van der Waals surface area contributed by atoms with Gasteiger partial charge in [0.25, 0.3) is 5.91 Å². The van der Waals surface area contributed by atoms with Gasteiger partial charge in [0.15, 0.2) is 11.5 Å². The predicted octanol–water partition coefficient (Wildman–Crippen LogP) is 2.86. The first-order valence-corrected chi connectivity index (χ1v) is 7.77. The molecule has 0 aromatic heterocycles. The fraction of sp³-hybridized carbons (Fsp3) is 0.533. The van der Waals surface area contributed by atoms with Crippen molar-refractivity contribution in [3.63, 3.8) is 0 Å². The molecule has 2 unspecified atom stereocenters. The molecule has 1 aromatic carbocycles. The van der Waals surface area contributed by atoms with Gasteiger partial charge in [0.05, 0.1) is 21.3 Å². The molecule has 21 heavy (non-hydrogen) atoms. The topological polar surface area (TPSA) is 56.8 Å². The smallest absolute Gasteiger partial charge is 0.251 e. The Morgan fingerprint density at radius 3 is 2.05 bits per heavy atom. The lowest BCUT2D eigenvalue weighted by Crippen LogP contribution is -2.37. The van der Waals surface area contributed by atoms with Gasteiger partial charge in [-0.25, -0.2) is 0 Å². The van der Waals surface area contributed by atoms with Crippen LogP contribution in [0.5, 0.6) is 17.2 Å². The molecule has 6 heteroatoms. The maximum atomic E-state index is 12.3. The van der Waals surface area contributed by atoms with E-state index in [-0.39, 0.29) is 11.9 Å². The maximum Gasteiger partial charge on any atom is 0.251 e. The molecular weight excluding hydrogens is 338 g/mol. The predicted molar refractivity (Wildman–Crippen MR) is 86.0 cm³/mol. The third kappa shape index (κ3) is 4.27. The minimum Gasteiger partial charge on any atom is -0.493 e. The van der Waals surface area contributed by atoms with Crippen LogP contribution in [0.15, 0.2) is 12.1 Å². The molecule has 0 heterocycles. The highest BCUT2D eigenvalue weighted by Crippen LogP contribution is 2.38. The van der Waals surface area contributed by atoms with Crippen LogP contribution in [0.4, 0.5) is 0 Å². The zero-order chi connectivity index (χ0) is 16.0. The molecule has 1 amide bonds. The summed E-state index contributed by atoms with van der Waals surface area (Å²) in [5, 5.41) is 3.79. The first kappa shape index (κ1) is 17.6. The Kier molecular flexibility index (Phi) is 6.81. The van der Waals surface area contributed by atoms with Crippen LogP contribution in [0.1, 0.15) is 24.2 Å². The van der Waals surface area contributed by atoms with E-state index in [4.69, 9.17) is 14.2 Å². The maximum absolute atomic E-state index is 12.3. The van der Waals surface area contributed by atoms with Crippen molar-refractivity contribution < 1.29 is 19.0 Å². The Bertz CT molecular complexity index is 468. The lowest BCUT2D eigenvalue weighted by atomic mass is 10.1. The number of nitrogens with one attached hydrogen (secondary N) is 1. The van der Waals surface area contributed by atoms with Crippen LogP contribution in [0.25, 0.3) is 0 Å². The molecular formula is C15H22BrNO4. The molecule has 0 saturated carbocycles. The summed E-state index contributed by atoms with van der Waals surface area (Å²) < 4.78 is 15.7. The van der Waals surface area contributed by atoms with Crippen molar-refractivity contribution in [1.29, 1.82) is 0 Å². The third-order valence-corrected chi connectivity index (χ3v) is 4.40. The van der Waals surface area contributed by atoms with Crippen LogP contribution in [0, 0.1) is 5.92 Å². The molecule has 0 aliphatic heterocycles. The van der Waals surface area contributed by atoms with E-state index in [1.807, 2.05) is 6.92 Å². The highest BCUT2D eigenvalue weighted by atomic mass is 79.9. The zero-order valence-electron chi connectivity index (χ0n) is 13.0. The highest BCUT2D eigenvalue weighted by Gasteiger charge is 2.19. The quantitative estimate of drug-likeness (QED) is 0.760. The highest BCUT2D eigenvalue weighted by molar-refractivity contribution is 9.09. The molecule has 1 N–H and O–H groups in total. The number of methoxy groups -OCH3 is 3. The Balaban J connectivity index is 3.05. The number of hydrogen-bond donors (Lipinski definition) is 1. The second-order valence-electron chi connectivity index (χ2n) is 4.81. The van der Waals surface area contributed by atoms with Crippen LogP contribution in [-0.2, 0) is 0 Å². The first-order chi connectivity index (χ1) is 9.98. The van der Waals surface area contributed by atoms with Gasteiger partial charge in [0, 0.05) is 16.9 Å². The van der Waals surface area contributed by atoms with E-state index >= 15 is 0 Å².